The monoisotopic (exact) mass is 466 g/mol. The van der Waals surface area contributed by atoms with Gasteiger partial charge in [0.1, 0.15) is 11.2 Å². The Morgan fingerprint density at radius 1 is 1.42 bits per heavy atom. The number of nitrogens with one attached hydrogen (secondary N) is 2. The number of nitrogen functional groups attached to an aromatic ring is 1. The molecule has 0 aliphatic carbocycles. The number of nitrogens with zero attached hydrogens (tertiary/aromatic N) is 3. The molecule has 1 amide bonds. The molecule has 166 valence electrons. The van der Waals surface area contributed by atoms with Gasteiger partial charge in [0.05, 0.1) is 24.1 Å². The molecule has 0 saturated carbocycles. The van der Waals surface area contributed by atoms with Crippen LogP contribution in [0.3, 0.4) is 0 Å². The largest absolute Gasteiger partial charge is 0.398 e. The van der Waals surface area contributed by atoms with Gasteiger partial charge in [0, 0.05) is 35.6 Å². The van der Waals surface area contributed by atoms with Crippen LogP contribution in [0.25, 0.3) is 11.2 Å². The van der Waals surface area contributed by atoms with Crippen molar-refractivity contribution in [2.75, 3.05) is 19.5 Å². The third kappa shape index (κ3) is 5.52. The van der Waals surface area contributed by atoms with Crippen molar-refractivity contribution < 1.29 is 13.4 Å². The number of carbonyl (C=O) groups excluding carboxylic acids is 1. The van der Waals surface area contributed by atoms with E-state index >= 15 is 0 Å². The van der Waals surface area contributed by atoms with Gasteiger partial charge < -0.3 is 15.8 Å². The van der Waals surface area contributed by atoms with E-state index in [1.54, 1.807) is 19.1 Å². The first kappa shape index (κ1) is 24.6. The number of hydrogen-bond acceptors (Lipinski definition) is 7. The Kier molecular flexibility index (Phi) is 8.78. The summed E-state index contributed by atoms with van der Waals surface area (Å²) in [7, 11) is 1.53. The maximum atomic E-state index is 13.3. The second-order valence-corrected chi connectivity index (χ2v) is 7.27. The standard InChI is InChI=1S/C18H18ClFN6O2S.C2H6/c1-9(8-28-2)24-18(27)12-7-26(29-20)17-16(12)25-14(6-23-17)15(22)11-4-3-10(19)5-13(11)21;1-2/h3-7,9,22H,8,21H2,1-2H3,(H,24,27);1-2H3. The number of ether oxygens (including phenoxy) is 1. The fourth-order valence-electron chi connectivity index (χ4n) is 2.80. The number of halogens is 2. The van der Waals surface area contributed by atoms with E-state index in [0.29, 0.717) is 22.9 Å². The van der Waals surface area contributed by atoms with Crippen LogP contribution in [-0.2, 0) is 4.74 Å². The molecule has 3 aromatic rings. The van der Waals surface area contributed by atoms with Crippen LogP contribution in [0.15, 0.2) is 30.6 Å². The number of hydrogen-bond donors (Lipinski definition) is 3. The van der Waals surface area contributed by atoms with Crippen LogP contribution < -0.4 is 11.1 Å². The lowest BCUT2D eigenvalue weighted by atomic mass is 10.1. The molecule has 8 nitrogen and oxygen atoms in total. The molecule has 11 heteroatoms. The Hall–Kier alpha value is -2.69. The molecule has 3 rings (SSSR count). The topological polar surface area (TPSA) is 119 Å². The molecular formula is C20H24ClFN6O2S. The van der Waals surface area contributed by atoms with Gasteiger partial charge in [-0.2, -0.15) is 0 Å². The number of amides is 1. The maximum Gasteiger partial charge on any atom is 0.255 e. The number of anilines is 1. The number of rotatable bonds is 7. The maximum absolute atomic E-state index is 13.3. The van der Waals surface area contributed by atoms with Crippen LogP contribution in [0.5, 0.6) is 0 Å². The Balaban J connectivity index is 0.00000166. The predicted octanol–water partition coefficient (Wildman–Crippen LogP) is 4.25. The molecule has 0 bridgehead atoms. The van der Waals surface area contributed by atoms with Crippen molar-refractivity contribution in [3.63, 3.8) is 0 Å². The van der Waals surface area contributed by atoms with Gasteiger partial charge in [0.25, 0.3) is 5.91 Å². The second kappa shape index (κ2) is 11.1. The molecular weight excluding hydrogens is 443 g/mol. The Bertz CT molecular complexity index is 1090. The van der Waals surface area contributed by atoms with E-state index in [4.69, 9.17) is 27.5 Å². The molecule has 2 aromatic heterocycles. The minimum atomic E-state index is -0.448. The molecule has 0 saturated heterocycles. The van der Waals surface area contributed by atoms with Crippen molar-refractivity contribution in [1.82, 2.24) is 19.3 Å². The highest BCUT2D eigenvalue weighted by Gasteiger charge is 2.21. The van der Waals surface area contributed by atoms with E-state index in [1.165, 1.54) is 25.6 Å². The summed E-state index contributed by atoms with van der Waals surface area (Å²) in [6.07, 6.45) is 2.65. The lowest BCUT2D eigenvalue weighted by molar-refractivity contribution is 0.0907. The summed E-state index contributed by atoms with van der Waals surface area (Å²) in [4.78, 5) is 21.2. The minimum Gasteiger partial charge on any atom is -0.398 e. The fraction of sp³-hybridized carbons (Fsp3) is 0.300. The van der Waals surface area contributed by atoms with Crippen LogP contribution in [-0.4, -0.2) is 45.3 Å². The van der Waals surface area contributed by atoms with Crippen molar-refractivity contribution in [2.24, 2.45) is 0 Å². The highest BCUT2D eigenvalue weighted by molar-refractivity contribution is 7.92. The zero-order valence-electron chi connectivity index (χ0n) is 17.6. The van der Waals surface area contributed by atoms with E-state index in [9.17, 15) is 8.68 Å². The molecule has 0 aliphatic rings. The van der Waals surface area contributed by atoms with E-state index in [2.05, 4.69) is 15.3 Å². The Morgan fingerprint density at radius 3 is 2.74 bits per heavy atom. The lowest BCUT2D eigenvalue weighted by Gasteiger charge is -2.12. The SMILES string of the molecule is CC.COCC(C)NC(=O)c1cn(SF)c2ncc(C(=N)c3ccc(Cl)cc3N)nc12. The molecule has 0 aliphatic heterocycles. The molecule has 0 radical (unpaired) electrons. The highest BCUT2D eigenvalue weighted by Crippen LogP contribution is 2.25. The zero-order chi connectivity index (χ0) is 23.1. The highest BCUT2D eigenvalue weighted by atomic mass is 35.5. The summed E-state index contributed by atoms with van der Waals surface area (Å²) in [5, 5.41) is 11.6. The summed E-state index contributed by atoms with van der Waals surface area (Å²) in [6, 6.07) is 4.49. The van der Waals surface area contributed by atoms with Gasteiger partial charge in [-0.1, -0.05) is 25.4 Å². The van der Waals surface area contributed by atoms with Gasteiger partial charge in [-0.3, -0.25) is 10.2 Å². The van der Waals surface area contributed by atoms with E-state index in [1.807, 2.05) is 13.8 Å². The first-order valence-corrected chi connectivity index (χ1v) is 10.5. The number of fused-ring (bicyclic) bond motifs is 1. The second-order valence-electron chi connectivity index (χ2n) is 6.30. The molecule has 1 unspecified atom stereocenters. The molecule has 31 heavy (non-hydrogen) atoms. The van der Waals surface area contributed by atoms with Crippen LogP contribution in [0.4, 0.5) is 9.57 Å². The third-order valence-corrected chi connectivity index (χ3v) is 4.78. The van der Waals surface area contributed by atoms with E-state index < -0.39 is 5.91 Å². The predicted molar refractivity (Wildman–Crippen MR) is 124 cm³/mol. The summed E-state index contributed by atoms with van der Waals surface area (Å²) >= 11 is 5.81. The van der Waals surface area contributed by atoms with Crippen molar-refractivity contribution in [2.45, 2.75) is 26.8 Å². The van der Waals surface area contributed by atoms with Crippen LogP contribution in [0.1, 0.15) is 42.4 Å². The van der Waals surface area contributed by atoms with Gasteiger partial charge in [0.2, 0.25) is 0 Å². The smallest absolute Gasteiger partial charge is 0.255 e. The normalized spacial score (nSPS) is 11.5. The molecule has 0 spiro atoms. The number of carbonyl (C=O) groups is 1. The van der Waals surface area contributed by atoms with E-state index in [-0.39, 0.29) is 46.5 Å². The van der Waals surface area contributed by atoms with E-state index in [0.717, 1.165) is 3.97 Å². The zero-order valence-corrected chi connectivity index (χ0v) is 19.1. The fourth-order valence-corrected chi connectivity index (χ4v) is 3.32. The van der Waals surface area contributed by atoms with Crippen molar-refractivity contribution in [3.8, 4) is 0 Å². The molecule has 4 N–H and O–H groups in total. The summed E-state index contributed by atoms with van der Waals surface area (Å²) in [6.45, 7) is 6.10. The summed E-state index contributed by atoms with van der Waals surface area (Å²) in [5.41, 5.74) is 7.36. The molecule has 0 fully saturated rings. The third-order valence-electron chi connectivity index (χ3n) is 4.12. The number of aromatic nitrogens is 3. The first-order chi connectivity index (χ1) is 14.8. The summed E-state index contributed by atoms with van der Waals surface area (Å²) < 4.78 is 19.4. The van der Waals surface area contributed by atoms with Gasteiger partial charge in [-0.25, -0.2) is 13.9 Å². The number of nitrogens with two attached hydrogens (primary N) is 1. The molecule has 1 aromatic carbocycles. The number of methoxy groups -OCH3 is 1. The molecule has 1 atom stereocenters. The van der Waals surface area contributed by atoms with Crippen molar-refractivity contribution in [3.05, 3.63) is 52.4 Å². The van der Waals surface area contributed by atoms with Gasteiger partial charge in [0.15, 0.2) is 18.0 Å². The average Bonchev–Trinajstić information content (AvgIpc) is 3.13. The quantitative estimate of drug-likeness (QED) is 0.353. The van der Waals surface area contributed by atoms with Gasteiger partial charge in [-0.05, 0) is 25.1 Å². The van der Waals surface area contributed by atoms with Crippen LogP contribution in [0, 0.1) is 5.41 Å². The minimum absolute atomic E-state index is 0.00771. The van der Waals surface area contributed by atoms with Crippen LogP contribution >= 0.6 is 23.9 Å². The molecule has 2 heterocycles. The summed E-state index contributed by atoms with van der Waals surface area (Å²) in [5.74, 6) is -0.448. The van der Waals surface area contributed by atoms with Gasteiger partial charge in [-0.15, -0.1) is 3.89 Å². The van der Waals surface area contributed by atoms with Gasteiger partial charge >= 0.3 is 0 Å². The Labute approximate surface area is 189 Å². The Morgan fingerprint density at radius 2 is 2.13 bits per heavy atom. The first-order valence-electron chi connectivity index (χ1n) is 9.47. The van der Waals surface area contributed by atoms with Crippen molar-refractivity contribution in [1.29, 1.82) is 5.41 Å². The van der Waals surface area contributed by atoms with Crippen LogP contribution in [0.2, 0.25) is 5.02 Å². The van der Waals surface area contributed by atoms with Crippen molar-refractivity contribution >= 4 is 52.4 Å². The average molecular weight is 467 g/mol. The number of benzene rings is 1. The lowest BCUT2D eigenvalue weighted by Crippen LogP contribution is -2.35.